The number of thioether (sulfide) groups is 1. The number of nitrogens with one attached hydrogen (secondary N) is 2. The third kappa shape index (κ3) is 10.2. The minimum absolute atomic E-state index is 0.0493. The van der Waals surface area contributed by atoms with Gasteiger partial charge in [-0.05, 0) is 39.5 Å². The molecule has 0 aliphatic heterocycles. The summed E-state index contributed by atoms with van der Waals surface area (Å²) in [6.07, 6.45) is 3.59. The molecule has 0 aliphatic carbocycles. The monoisotopic (exact) mass is 296 g/mol. The molecule has 0 atom stereocenters. The zero-order chi connectivity index (χ0) is 14.2. The van der Waals surface area contributed by atoms with Crippen molar-refractivity contribution >= 4 is 21.8 Å². The van der Waals surface area contributed by atoms with Gasteiger partial charge < -0.3 is 5.32 Å². The minimum atomic E-state index is -3.12. The fourth-order valence-corrected chi connectivity index (χ4v) is 2.85. The summed E-state index contributed by atoms with van der Waals surface area (Å²) in [5.74, 6) is 0.219. The fraction of sp³-hybridized carbons (Fsp3) is 1.00. The van der Waals surface area contributed by atoms with Gasteiger partial charge in [-0.2, -0.15) is 11.8 Å². The summed E-state index contributed by atoms with van der Waals surface area (Å²) in [6.45, 7) is 9.61. The molecule has 110 valence electrons. The molecular weight excluding hydrogens is 268 g/mol. The molecule has 0 heterocycles. The first-order valence-corrected chi connectivity index (χ1v) is 9.32. The van der Waals surface area contributed by atoms with Crippen LogP contribution in [0.5, 0.6) is 0 Å². The lowest BCUT2D eigenvalue weighted by Gasteiger charge is -2.22. The van der Waals surface area contributed by atoms with Crippen molar-refractivity contribution in [3.05, 3.63) is 0 Å². The van der Waals surface area contributed by atoms with E-state index in [-0.39, 0.29) is 10.5 Å². The Hall–Kier alpha value is 0.220. The lowest BCUT2D eigenvalue weighted by molar-refractivity contribution is 0.551. The van der Waals surface area contributed by atoms with Gasteiger partial charge in [0.05, 0.1) is 5.75 Å². The van der Waals surface area contributed by atoms with Crippen molar-refractivity contribution in [2.24, 2.45) is 0 Å². The van der Waals surface area contributed by atoms with Crippen LogP contribution in [0.4, 0.5) is 0 Å². The Morgan fingerprint density at radius 1 is 1.22 bits per heavy atom. The van der Waals surface area contributed by atoms with E-state index in [0.717, 1.165) is 13.0 Å². The van der Waals surface area contributed by atoms with Crippen molar-refractivity contribution in [2.75, 3.05) is 25.1 Å². The van der Waals surface area contributed by atoms with Crippen LogP contribution in [0.1, 0.15) is 40.5 Å². The highest BCUT2D eigenvalue weighted by atomic mass is 32.2. The van der Waals surface area contributed by atoms with Crippen LogP contribution in [-0.4, -0.2) is 44.3 Å². The molecule has 0 aromatic heterocycles. The van der Waals surface area contributed by atoms with Gasteiger partial charge in [0.2, 0.25) is 10.0 Å². The largest absolute Gasteiger partial charge is 0.315 e. The second-order valence-corrected chi connectivity index (χ2v) is 8.86. The van der Waals surface area contributed by atoms with Crippen LogP contribution >= 0.6 is 11.8 Å². The maximum absolute atomic E-state index is 11.7. The summed E-state index contributed by atoms with van der Waals surface area (Å²) in [5.41, 5.74) is 0. The second kappa shape index (κ2) is 8.40. The highest BCUT2D eigenvalue weighted by molar-refractivity contribution is 8.00. The van der Waals surface area contributed by atoms with Crippen molar-refractivity contribution in [1.29, 1.82) is 0 Å². The molecule has 0 unspecified atom stereocenters. The maximum atomic E-state index is 11.7. The first-order chi connectivity index (χ1) is 8.18. The summed E-state index contributed by atoms with van der Waals surface area (Å²) in [6, 6.07) is 0.460. The van der Waals surface area contributed by atoms with Crippen molar-refractivity contribution in [3.8, 4) is 0 Å². The van der Waals surface area contributed by atoms with Crippen LogP contribution in [0, 0.1) is 0 Å². The van der Waals surface area contributed by atoms with E-state index in [1.54, 1.807) is 11.8 Å². The highest BCUT2D eigenvalue weighted by Gasteiger charge is 2.19. The lowest BCUT2D eigenvalue weighted by Crippen LogP contribution is -2.37. The van der Waals surface area contributed by atoms with Crippen LogP contribution < -0.4 is 10.0 Å². The Bertz CT molecular complexity index is 314. The number of hydrogen-bond donors (Lipinski definition) is 2. The van der Waals surface area contributed by atoms with Gasteiger partial charge in [-0.1, -0.05) is 13.8 Å². The quantitative estimate of drug-likeness (QED) is 0.604. The van der Waals surface area contributed by atoms with Crippen molar-refractivity contribution in [2.45, 2.75) is 51.3 Å². The smallest absolute Gasteiger partial charge is 0.211 e. The standard InChI is InChI=1S/C12H28N2O2S2/c1-11(2)13-8-6-7-9-18(15,16)14-10-12(3,4)17-5/h11,13-14H,6-10H2,1-5H3. The summed E-state index contributed by atoms with van der Waals surface area (Å²) < 4.78 is 26.1. The van der Waals surface area contributed by atoms with Crippen molar-refractivity contribution < 1.29 is 8.42 Å². The SMILES string of the molecule is CSC(C)(C)CNS(=O)(=O)CCCCNC(C)C. The van der Waals surface area contributed by atoms with Gasteiger partial charge in [-0.15, -0.1) is 0 Å². The molecule has 0 aromatic carbocycles. The van der Waals surface area contributed by atoms with Crippen LogP contribution in [0.3, 0.4) is 0 Å². The third-order valence-electron chi connectivity index (χ3n) is 2.66. The molecule has 0 fully saturated rings. The van der Waals surface area contributed by atoms with E-state index in [2.05, 4.69) is 23.9 Å². The van der Waals surface area contributed by atoms with Crippen LogP contribution in [0.15, 0.2) is 0 Å². The molecular formula is C12H28N2O2S2. The van der Waals surface area contributed by atoms with E-state index in [0.29, 0.717) is 19.0 Å². The molecule has 18 heavy (non-hydrogen) atoms. The number of sulfonamides is 1. The average Bonchev–Trinajstić information content (AvgIpc) is 2.26. The van der Waals surface area contributed by atoms with E-state index in [9.17, 15) is 8.42 Å². The van der Waals surface area contributed by atoms with Crippen molar-refractivity contribution in [3.63, 3.8) is 0 Å². The Kier molecular flexibility index (Phi) is 8.51. The molecule has 0 saturated carbocycles. The summed E-state index contributed by atoms with van der Waals surface area (Å²) in [5, 5.41) is 3.28. The molecule has 0 rings (SSSR count). The van der Waals surface area contributed by atoms with E-state index in [1.165, 1.54) is 0 Å². The van der Waals surface area contributed by atoms with Crippen LogP contribution in [0.2, 0.25) is 0 Å². The van der Waals surface area contributed by atoms with Crippen LogP contribution in [-0.2, 0) is 10.0 Å². The van der Waals surface area contributed by atoms with E-state index < -0.39 is 10.0 Å². The van der Waals surface area contributed by atoms with Gasteiger partial charge in [0.1, 0.15) is 0 Å². The molecule has 0 aliphatic rings. The first kappa shape index (κ1) is 18.2. The molecule has 2 N–H and O–H groups in total. The summed E-state index contributed by atoms with van der Waals surface area (Å²) in [4.78, 5) is 0. The Balaban J connectivity index is 3.81. The molecule has 0 radical (unpaired) electrons. The zero-order valence-corrected chi connectivity index (χ0v) is 13.9. The van der Waals surface area contributed by atoms with Crippen molar-refractivity contribution in [1.82, 2.24) is 10.0 Å². The summed E-state index contributed by atoms with van der Waals surface area (Å²) in [7, 11) is -3.12. The molecule has 6 heteroatoms. The van der Waals surface area contributed by atoms with Crippen LogP contribution in [0.25, 0.3) is 0 Å². The minimum Gasteiger partial charge on any atom is -0.315 e. The van der Waals surface area contributed by atoms with Gasteiger partial charge >= 0.3 is 0 Å². The number of hydrogen-bond acceptors (Lipinski definition) is 4. The molecule has 0 spiro atoms. The number of rotatable bonds is 10. The number of unbranched alkanes of at least 4 members (excludes halogenated alkanes) is 1. The van der Waals surface area contributed by atoms with Gasteiger partial charge in [-0.25, -0.2) is 13.1 Å². The fourth-order valence-electron chi connectivity index (χ4n) is 1.24. The van der Waals surface area contributed by atoms with E-state index >= 15 is 0 Å². The average molecular weight is 297 g/mol. The molecule has 0 saturated heterocycles. The van der Waals surface area contributed by atoms with Gasteiger partial charge in [0.25, 0.3) is 0 Å². The second-order valence-electron chi connectivity index (χ2n) is 5.42. The molecule has 4 nitrogen and oxygen atoms in total. The van der Waals surface area contributed by atoms with E-state index in [4.69, 9.17) is 0 Å². The summed E-state index contributed by atoms with van der Waals surface area (Å²) >= 11 is 1.67. The Morgan fingerprint density at radius 3 is 2.33 bits per heavy atom. The predicted octanol–water partition coefficient (Wildman–Crippen LogP) is 1.83. The zero-order valence-electron chi connectivity index (χ0n) is 12.2. The van der Waals surface area contributed by atoms with Gasteiger partial charge in [0, 0.05) is 17.3 Å². The van der Waals surface area contributed by atoms with Gasteiger partial charge in [-0.3, -0.25) is 0 Å². The molecule has 0 aromatic rings. The van der Waals surface area contributed by atoms with Gasteiger partial charge in [0.15, 0.2) is 0 Å². The molecule has 0 amide bonds. The third-order valence-corrected chi connectivity index (χ3v) is 5.32. The maximum Gasteiger partial charge on any atom is 0.211 e. The Labute approximate surface area is 117 Å². The normalized spacial score (nSPS) is 13.2. The predicted molar refractivity (Wildman–Crippen MR) is 81.8 cm³/mol. The Morgan fingerprint density at radius 2 is 1.83 bits per heavy atom. The highest BCUT2D eigenvalue weighted by Crippen LogP contribution is 2.19. The molecule has 0 bridgehead atoms. The van der Waals surface area contributed by atoms with E-state index in [1.807, 2.05) is 20.1 Å². The lowest BCUT2D eigenvalue weighted by atomic mass is 10.2. The first-order valence-electron chi connectivity index (χ1n) is 6.44. The topological polar surface area (TPSA) is 58.2 Å².